The second kappa shape index (κ2) is 7.75. The molecule has 0 spiro atoms. The summed E-state index contributed by atoms with van der Waals surface area (Å²) in [5.41, 5.74) is 3.15. The van der Waals surface area contributed by atoms with E-state index in [0.717, 1.165) is 30.5 Å². The zero-order chi connectivity index (χ0) is 21.6. The molecule has 1 aliphatic carbocycles. The summed E-state index contributed by atoms with van der Waals surface area (Å²) in [6, 6.07) is 11.2. The second-order valence-electron chi connectivity index (χ2n) is 8.50. The van der Waals surface area contributed by atoms with Crippen molar-refractivity contribution in [3.8, 4) is 11.3 Å². The summed E-state index contributed by atoms with van der Waals surface area (Å²) in [5, 5.41) is 4.85. The van der Waals surface area contributed by atoms with Crippen molar-refractivity contribution in [2.45, 2.75) is 44.6 Å². The normalized spacial score (nSPS) is 20.2. The van der Waals surface area contributed by atoms with Gasteiger partial charge in [-0.15, -0.1) is 0 Å². The molecule has 0 N–H and O–H groups in total. The van der Waals surface area contributed by atoms with Crippen molar-refractivity contribution in [2.75, 3.05) is 18.1 Å². The van der Waals surface area contributed by atoms with Crippen LogP contribution in [0.5, 0.6) is 0 Å². The lowest BCUT2D eigenvalue weighted by molar-refractivity contribution is 0.0699. The zero-order valence-electron chi connectivity index (χ0n) is 17.5. The first-order chi connectivity index (χ1) is 15.0. The van der Waals surface area contributed by atoms with Gasteiger partial charge in [-0.05, 0) is 31.7 Å². The van der Waals surface area contributed by atoms with Gasteiger partial charge in [0.1, 0.15) is 5.69 Å². The van der Waals surface area contributed by atoms with E-state index in [1.807, 2.05) is 43.3 Å². The molecule has 3 aromatic rings. The smallest absolute Gasteiger partial charge is 0.259 e. The van der Waals surface area contributed by atoms with Gasteiger partial charge in [0.05, 0.1) is 22.5 Å². The van der Waals surface area contributed by atoms with Crippen LogP contribution in [0, 0.1) is 0 Å². The Bertz CT molecular complexity index is 1230. The van der Waals surface area contributed by atoms with Gasteiger partial charge in [0.2, 0.25) is 0 Å². The van der Waals surface area contributed by atoms with E-state index in [1.165, 1.54) is 0 Å². The summed E-state index contributed by atoms with van der Waals surface area (Å²) in [6.07, 6.45) is 3.32. The number of pyridine rings is 1. The molecule has 1 amide bonds. The van der Waals surface area contributed by atoms with Crippen LogP contribution in [-0.4, -0.2) is 53.5 Å². The summed E-state index contributed by atoms with van der Waals surface area (Å²) in [5.74, 6) is 0.330. The second-order valence-corrected chi connectivity index (χ2v) is 10.7. The fraction of sp³-hybridized carbons (Fsp3) is 0.435. The number of aromatic nitrogens is 2. The Morgan fingerprint density at radius 1 is 1.19 bits per heavy atom. The topological polar surface area (TPSA) is 93.4 Å². The highest BCUT2D eigenvalue weighted by Crippen LogP contribution is 2.41. The lowest BCUT2D eigenvalue weighted by atomic mass is 10.0. The predicted octanol–water partition coefficient (Wildman–Crippen LogP) is 3.81. The SMILES string of the molecule is CCCN(C(=O)c1cc(C2CC2)nc2onc(-c3ccccc3)c12)C1CCS(=O)(=O)C1. The number of rotatable bonds is 6. The lowest BCUT2D eigenvalue weighted by Gasteiger charge is -2.28. The summed E-state index contributed by atoms with van der Waals surface area (Å²) in [7, 11) is -3.11. The van der Waals surface area contributed by atoms with E-state index in [9.17, 15) is 13.2 Å². The highest BCUT2D eigenvalue weighted by atomic mass is 32.2. The quantitative estimate of drug-likeness (QED) is 0.580. The third-order valence-electron chi connectivity index (χ3n) is 6.11. The minimum absolute atomic E-state index is 0.0254. The van der Waals surface area contributed by atoms with E-state index >= 15 is 0 Å². The molecule has 1 aromatic carbocycles. The maximum Gasteiger partial charge on any atom is 0.259 e. The highest BCUT2D eigenvalue weighted by Gasteiger charge is 2.37. The van der Waals surface area contributed by atoms with Gasteiger partial charge in [-0.25, -0.2) is 13.4 Å². The maximum absolute atomic E-state index is 13.9. The van der Waals surface area contributed by atoms with Gasteiger partial charge in [-0.1, -0.05) is 42.4 Å². The van der Waals surface area contributed by atoms with Crippen LogP contribution >= 0.6 is 0 Å². The molecular weight excluding hydrogens is 414 g/mol. The molecule has 1 aliphatic heterocycles. The van der Waals surface area contributed by atoms with E-state index < -0.39 is 9.84 Å². The Hall–Kier alpha value is -2.74. The molecule has 1 atom stereocenters. The first-order valence-corrected chi connectivity index (χ1v) is 12.7. The molecular formula is C23H25N3O4S. The predicted molar refractivity (Wildman–Crippen MR) is 118 cm³/mol. The van der Waals surface area contributed by atoms with Crippen molar-refractivity contribution in [3.05, 3.63) is 47.7 Å². The van der Waals surface area contributed by atoms with Crippen molar-refractivity contribution in [3.63, 3.8) is 0 Å². The van der Waals surface area contributed by atoms with Gasteiger partial charge >= 0.3 is 0 Å². The van der Waals surface area contributed by atoms with Crippen molar-refractivity contribution < 1.29 is 17.7 Å². The number of benzene rings is 1. The Morgan fingerprint density at radius 2 is 1.97 bits per heavy atom. The van der Waals surface area contributed by atoms with Gasteiger partial charge in [-0.3, -0.25) is 4.79 Å². The fourth-order valence-corrected chi connectivity index (χ4v) is 6.12. The van der Waals surface area contributed by atoms with E-state index in [-0.39, 0.29) is 23.5 Å². The van der Waals surface area contributed by atoms with Crippen molar-refractivity contribution in [1.29, 1.82) is 0 Å². The number of carbonyl (C=O) groups is 1. The molecule has 0 bridgehead atoms. The average molecular weight is 440 g/mol. The van der Waals surface area contributed by atoms with Crippen LogP contribution in [0.3, 0.4) is 0 Å². The van der Waals surface area contributed by atoms with Crippen LogP contribution in [0.15, 0.2) is 40.9 Å². The third kappa shape index (κ3) is 3.84. The summed E-state index contributed by atoms with van der Waals surface area (Å²) < 4.78 is 29.8. The van der Waals surface area contributed by atoms with Gasteiger partial charge in [0.25, 0.3) is 11.6 Å². The van der Waals surface area contributed by atoms with Crippen molar-refractivity contribution >= 4 is 26.8 Å². The molecule has 2 fully saturated rings. The maximum atomic E-state index is 13.9. The first-order valence-electron chi connectivity index (χ1n) is 10.8. The number of fused-ring (bicyclic) bond motifs is 1. The molecule has 162 valence electrons. The monoisotopic (exact) mass is 439 g/mol. The highest BCUT2D eigenvalue weighted by molar-refractivity contribution is 7.91. The van der Waals surface area contributed by atoms with E-state index in [4.69, 9.17) is 4.52 Å². The standard InChI is InChI=1S/C23H25N3O4S/c1-2-11-26(17-10-12-31(28,29)14-17)23(27)18-13-19(15-8-9-15)24-22-20(18)21(25-30-22)16-6-4-3-5-7-16/h3-7,13,15,17H,2,8-12,14H2,1H3. The molecule has 1 saturated heterocycles. The average Bonchev–Trinajstić information content (AvgIpc) is 3.44. The first kappa shape index (κ1) is 20.2. The number of sulfone groups is 1. The molecule has 7 nitrogen and oxygen atoms in total. The Morgan fingerprint density at radius 3 is 2.61 bits per heavy atom. The largest absolute Gasteiger partial charge is 0.335 e. The minimum Gasteiger partial charge on any atom is -0.335 e. The van der Waals surface area contributed by atoms with Crippen LogP contribution in [0.1, 0.15) is 54.6 Å². The molecule has 5 rings (SSSR count). The Labute approximate surface area is 181 Å². The molecule has 3 heterocycles. The van der Waals surface area contributed by atoms with Gasteiger partial charge in [-0.2, -0.15) is 0 Å². The number of hydrogen-bond acceptors (Lipinski definition) is 6. The van der Waals surface area contributed by atoms with Gasteiger partial charge < -0.3 is 9.42 Å². The number of carbonyl (C=O) groups excluding carboxylic acids is 1. The summed E-state index contributed by atoms with van der Waals surface area (Å²) >= 11 is 0. The third-order valence-corrected chi connectivity index (χ3v) is 7.86. The lowest BCUT2D eigenvalue weighted by Crippen LogP contribution is -2.41. The van der Waals surface area contributed by atoms with Crippen LogP contribution in [-0.2, 0) is 9.84 Å². The molecule has 1 unspecified atom stereocenters. The van der Waals surface area contributed by atoms with Gasteiger partial charge in [0, 0.05) is 29.8 Å². The number of amides is 1. The molecule has 31 heavy (non-hydrogen) atoms. The Kier molecular flexibility index (Phi) is 5.04. The van der Waals surface area contributed by atoms with Crippen LogP contribution in [0.2, 0.25) is 0 Å². The summed E-state index contributed by atoms with van der Waals surface area (Å²) in [6.45, 7) is 2.50. The molecule has 0 radical (unpaired) electrons. The summed E-state index contributed by atoms with van der Waals surface area (Å²) in [4.78, 5) is 20.2. The molecule has 8 heteroatoms. The molecule has 2 aliphatic rings. The van der Waals surface area contributed by atoms with Gasteiger partial charge in [0.15, 0.2) is 9.84 Å². The minimum atomic E-state index is -3.11. The molecule has 2 aromatic heterocycles. The van der Waals surface area contributed by atoms with Crippen molar-refractivity contribution in [2.24, 2.45) is 0 Å². The number of nitrogens with zero attached hydrogens (tertiary/aromatic N) is 3. The van der Waals surface area contributed by atoms with E-state index in [1.54, 1.807) is 4.90 Å². The van der Waals surface area contributed by atoms with E-state index in [2.05, 4.69) is 10.1 Å². The van der Waals surface area contributed by atoms with Crippen molar-refractivity contribution in [1.82, 2.24) is 15.0 Å². The van der Waals surface area contributed by atoms with Crippen LogP contribution < -0.4 is 0 Å². The fourth-order valence-electron chi connectivity index (χ4n) is 4.39. The van der Waals surface area contributed by atoms with E-state index in [0.29, 0.717) is 41.2 Å². The number of hydrogen-bond donors (Lipinski definition) is 0. The van der Waals surface area contributed by atoms with Crippen LogP contribution in [0.25, 0.3) is 22.4 Å². The van der Waals surface area contributed by atoms with Crippen LogP contribution in [0.4, 0.5) is 0 Å². The zero-order valence-corrected chi connectivity index (χ0v) is 18.3. The molecule has 1 saturated carbocycles. The Balaban J connectivity index is 1.64.